The fraction of sp³-hybridized carbons (Fsp3) is 0.318. The Bertz CT molecular complexity index is 898. The Morgan fingerprint density at radius 3 is 2.59 bits per heavy atom. The minimum absolute atomic E-state index is 0.0307. The minimum Gasteiger partial charge on any atom is -0.449 e. The smallest absolute Gasteiger partial charge is 0.341 e. The van der Waals surface area contributed by atoms with Crippen LogP contribution in [0.4, 0.5) is 10.1 Å². The molecule has 0 spiro atoms. The Morgan fingerprint density at radius 2 is 1.90 bits per heavy atom. The Kier molecular flexibility index (Phi) is 6.59. The minimum atomic E-state index is -0.988. The molecular formula is C22H23FN2O4. The molecule has 0 saturated carbocycles. The number of rotatable bonds is 7. The van der Waals surface area contributed by atoms with Gasteiger partial charge in [-0.1, -0.05) is 24.3 Å². The van der Waals surface area contributed by atoms with Gasteiger partial charge in [-0.15, -0.1) is 0 Å². The predicted molar refractivity (Wildman–Crippen MR) is 106 cm³/mol. The zero-order valence-electron chi connectivity index (χ0n) is 16.2. The summed E-state index contributed by atoms with van der Waals surface area (Å²) < 4.78 is 18.2. The van der Waals surface area contributed by atoms with E-state index in [0.717, 1.165) is 12.0 Å². The van der Waals surface area contributed by atoms with Crippen molar-refractivity contribution in [1.29, 1.82) is 0 Å². The van der Waals surface area contributed by atoms with Gasteiger partial charge in [0.1, 0.15) is 5.82 Å². The van der Waals surface area contributed by atoms with Crippen LogP contribution in [0.2, 0.25) is 0 Å². The third-order valence-electron chi connectivity index (χ3n) is 4.77. The van der Waals surface area contributed by atoms with E-state index in [9.17, 15) is 18.8 Å². The summed E-state index contributed by atoms with van der Waals surface area (Å²) in [7, 11) is 0. The van der Waals surface area contributed by atoms with Crippen molar-refractivity contribution in [1.82, 2.24) is 5.32 Å². The van der Waals surface area contributed by atoms with E-state index in [4.69, 9.17) is 4.74 Å². The van der Waals surface area contributed by atoms with Crippen molar-refractivity contribution in [2.75, 3.05) is 18.0 Å². The first-order chi connectivity index (χ1) is 14.0. The number of anilines is 1. The molecule has 2 amide bonds. The second-order valence-corrected chi connectivity index (χ2v) is 6.88. The van der Waals surface area contributed by atoms with Gasteiger partial charge in [-0.25, -0.2) is 9.18 Å². The van der Waals surface area contributed by atoms with Gasteiger partial charge in [-0.05, 0) is 49.6 Å². The molecule has 1 aliphatic rings. The SMILES string of the molecule is C[C@H](OC(=O)c1ccccc1N1CCCC1=O)C(=O)NCCc1ccc(F)cc1. The zero-order valence-corrected chi connectivity index (χ0v) is 16.2. The Balaban J connectivity index is 1.55. The molecule has 1 aliphatic heterocycles. The van der Waals surface area contributed by atoms with E-state index in [1.165, 1.54) is 19.1 Å². The van der Waals surface area contributed by atoms with Crippen LogP contribution < -0.4 is 10.2 Å². The zero-order chi connectivity index (χ0) is 20.8. The quantitative estimate of drug-likeness (QED) is 0.728. The van der Waals surface area contributed by atoms with Crippen LogP contribution in [0, 0.1) is 5.82 Å². The maximum Gasteiger partial charge on any atom is 0.341 e. The highest BCUT2D eigenvalue weighted by molar-refractivity contribution is 6.04. The number of esters is 1. The Labute approximate surface area is 168 Å². The van der Waals surface area contributed by atoms with Gasteiger partial charge in [-0.2, -0.15) is 0 Å². The fourth-order valence-corrected chi connectivity index (χ4v) is 3.19. The summed E-state index contributed by atoms with van der Waals surface area (Å²) in [4.78, 5) is 38.4. The van der Waals surface area contributed by atoms with Crippen LogP contribution in [-0.4, -0.2) is 37.0 Å². The van der Waals surface area contributed by atoms with Gasteiger partial charge in [0.2, 0.25) is 5.91 Å². The fourth-order valence-electron chi connectivity index (χ4n) is 3.19. The number of para-hydroxylation sites is 1. The highest BCUT2D eigenvalue weighted by Gasteiger charge is 2.27. The van der Waals surface area contributed by atoms with Crippen LogP contribution in [0.1, 0.15) is 35.7 Å². The van der Waals surface area contributed by atoms with Crippen molar-refractivity contribution in [3.8, 4) is 0 Å². The predicted octanol–water partition coefficient (Wildman–Crippen LogP) is 2.86. The first-order valence-corrected chi connectivity index (χ1v) is 9.58. The molecule has 0 unspecified atom stereocenters. The van der Waals surface area contributed by atoms with E-state index in [-0.39, 0.29) is 17.3 Å². The van der Waals surface area contributed by atoms with Gasteiger partial charge < -0.3 is 15.0 Å². The third-order valence-corrected chi connectivity index (χ3v) is 4.77. The molecule has 0 bridgehead atoms. The lowest BCUT2D eigenvalue weighted by atomic mass is 10.1. The summed E-state index contributed by atoms with van der Waals surface area (Å²) in [5, 5.41) is 2.70. The Hall–Kier alpha value is -3.22. The number of nitrogens with one attached hydrogen (secondary N) is 1. The van der Waals surface area contributed by atoms with Crippen LogP contribution in [0.5, 0.6) is 0 Å². The number of carbonyl (C=O) groups is 3. The molecule has 0 aromatic heterocycles. The highest BCUT2D eigenvalue weighted by atomic mass is 19.1. The van der Waals surface area contributed by atoms with E-state index in [0.29, 0.717) is 31.6 Å². The first-order valence-electron chi connectivity index (χ1n) is 9.58. The van der Waals surface area contributed by atoms with E-state index in [1.54, 1.807) is 41.3 Å². The highest BCUT2D eigenvalue weighted by Crippen LogP contribution is 2.26. The molecule has 6 nitrogen and oxygen atoms in total. The number of hydrogen-bond donors (Lipinski definition) is 1. The van der Waals surface area contributed by atoms with Gasteiger partial charge >= 0.3 is 5.97 Å². The van der Waals surface area contributed by atoms with Crippen molar-refractivity contribution in [2.45, 2.75) is 32.3 Å². The van der Waals surface area contributed by atoms with Crippen LogP contribution in [0.3, 0.4) is 0 Å². The van der Waals surface area contributed by atoms with E-state index >= 15 is 0 Å². The van der Waals surface area contributed by atoms with Crippen molar-refractivity contribution >= 4 is 23.5 Å². The molecule has 1 atom stereocenters. The summed E-state index contributed by atoms with van der Waals surface area (Å²) in [5.74, 6) is -1.41. The summed E-state index contributed by atoms with van der Waals surface area (Å²) in [6.45, 7) is 2.39. The molecular weight excluding hydrogens is 375 g/mol. The summed E-state index contributed by atoms with van der Waals surface area (Å²) >= 11 is 0. The number of nitrogens with zero attached hydrogens (tertiary/aromatic N) is 1. The van der Waals surface area contributed by atoms with Crippen molar-refractivity contribution in [3.63, 3.8) is 0 Å². The second kappa shape index (κ2) is 9.32. The molecule has 3 rings (SSSR count). The largest absolute Gasteiger partial charge is 0.449 e. The van der Waals surface area contributed by atoms with Gasteiger partial charge in [0.25, 0.3) is 5.91 Å². The van der Waals surface area contributed by atoms with Gasteiger partial charge in [0.05, 0.1) is 11.3 Å². The standard InChI is InChI=1S/C22H23FN2O4/c1-15(21(27)24-13-12-16-8-10-17(23)11-9-16)29-22(28)18-5-2-3-6-19(18)25-14-4-7-20(25)26/h2-3,5-6,8-11,15H,4,7,12-14H2,1H3,(H,24,27)/t15-/m0/s1. The summed E-state index contributed by atoms with van der Waals surface area (Å²) in [6, 6.07) is 12.8. The molecule has 1 fully saturated rings. The van der Waals surface area contributed by atoms with Crippen LogP contribution in [0.25, 0.3) is 0 Å². The molecule has 0 radical (unpaired) electrons. The third kappa shape index (κ3) is 5.19. The molecule has 29 heavy (non-hydrogen) atoms. The van der Waals surface area contributed by atoms with E-state index in [2.05, 4.69) is 5.32 Å². The van der Waals surface area contributed by atoms with Gasteiger partial charge in [0.15, 0.2) is 6.10 Å². The number of ether oxygens (including phenoxy) is 1. The molecule has 0 aliphatic carbocycles. The second-order valence-electron chi connectivity index (χ2n) is 6.88. The van der Waals surface area contributed by atoms with Crippen LogP contribution >= 0.6 is 0 Å². The van der Waals surface area contributed by atoms with Crippen LogP contribution in [-0.2, 0) is 20.7 Å². The van der Waals surface area contributed by atoms with Crippen molar-refractivity contribution in [3.05, 3.63) is 65.5 Å². The normalized spacial score (nSPS) is 14.6. The molecule has 2 aromatic carbocycles. The molecule has 7 heteroatoms. The molecule has 2 aromatic rings. The number of amides is 2. The Morgan fingerprint density at radius 1 is 1.17 bits per heavy atom. The number of benzene rings is 2. The average molecular weight is 398 g/mol. The molecule has 152 valence electrons. The summed E-state index contributed by atoms with van der Waals surface area (Å²) in [6.07, 6.45) is 0.746. The lowest BCUT2D eigenvalue weighted by Gasteiger charge is -2.20. The monoisotopic (exact) mass is 398 g/mol. The number of carbonyl (C=O) groups excluding carboxylic acids is 3. The molecule has 1 saturated heterocycles. The van der Waals surface area contributed by atoms with Crippen molar-refractivity contribution < 1.29 is 23.5 Å². The summed E-state index contributed by atoms with van der Waals surface area (Å²) in [5.41, 5.74) is 1.65. The van der Waals surface area contributed by atoms with Crippen LogP contribution in [0.15, 0.2) is 48.5 Å². The van der Waals surface area contributed by atoms with Gasteiger partial charge in [-0.3, -0.25) is 9.59 Å². The lowest BCUT2D eigenvalue weighted by molar-refractivity contribution is -0.129. The maximum absolute atomic E-state index is 12.9. The first kappa shape index (κ1) is 20.5. The molecule has 1 heterocycles. The topological polar surface area (TPSA) is 75.7 Å². The average Bonchev–Trinajstić information content (AvgIpc) is 3.15. The lowest BCUT2D eigenvalue weighted by Crippen LogP contribution is -2.37. The van der Waals surface area contributed by atoms with Crippen molar-refractivity contribution in [2.24, 2.45) is 0 Å². The number of hydrogen-bond acceptors (Lipinski definition) is 4. The van der Waals surface area contributed by atoms with E-state index < -0.39 is 18.0 Å². The molecule has 1 N–H and O–H groups in total. The van der Waals surface area contributed by atoms with Gasteiger partial charge in [0, 0.05) is 19.5 Å². The maximum atomic E-state index is 12.9. The van der Waals surface area contributed by atoms with E-state index in [1.807, 2.05) is 0 Å². The number of halogens is 1.